The Hall–Kier alpha value is -0.660. The normalized spacial score (nSPS) is 18.8. The molecule has 11 heavy (non-hydrogen) atoms. The van der Waals surface area contributed by atoms with Crippen LogP contribution in [0.25, 0.3) is 0 Å². The molecular weight excluding hydrogens is 136 g/mol. The largest absolute Gasteiger partial charge is 0.370 e. The summed E-state index contributed by atoms with van der Waals surface area (Å²) in [6, 6.07) is 0. The number of nitrogens with one attached hydrogen (secondary N) is 1. The van der Waals surface area contributed by atoms with Gasteiger partial charge in [-0.15, -0.1) is 0 Å². The van der Waals surface area contributed by atoms with Crippen LogP contribution in [0.5, 0.6) is 0 Å². The van der Waals surface area contributed by atoms with Crippen molar-refractivity contribution >= 4 is 0 Å². The van der Waals surface area contributed by atoms with Gasteiger partial charge in [-0.1, -0.05) is 27.4 Å². The molecule has 0 radical (unpaired) electrons. The summed E-state index contributed by atoms with van der Waals surface area (Å²) in [6.45, 7) is 13.9. The van der Waals surface area contributed by atoms with Crippen LogP contribution in [0.1, 0.15) is 20.8 Å². The number of hydrogen-bond acceptors (Lipinski definition) is 2. The molecule has 1 rings (SSSR count). The van der Waals surface area contributed by atoms with Gasteiger partial charge < -0.3 is 10.2 Å². The van der Waals surface area contributed by atoms with E-state index in [9.17, 15) is 0 Å². The van der Waals surface area contributed by atoms with Crippen molar-refractivity contribution in [2.75, 3.05) is 19.6 Å². The topological polar surface area (TPSA) is 15.3 Å². The highest BCUT2D eigenvalue weighted by Crippen LogP contribution is 2.18. The second-order valence-corrected chi connectivity index (χ2v) is 4.36. The molecule has 1 fully saturated rings. The lowest BCUT2D eigenvalue weighted by molar-refractivity contribution is 0.259. The van der Waals surface area contributed by atoms with Crippen molar-refractivity contribution in [1.82, 2.24) is 10.2 Å². The molecule has 1 saturated heterocycles. The zero-order chi connectivity index (χ0) is 8.48. The quantitative estimate of drug-likeness (QED) is 0.614. The first-order valence-corrected chi connectivity index (χ1v) is 4.17. The molecule has 2 nitrogen and oxygen atoms in total. The molecule has 0 aromatic heterocycles. The minimum absolute atomic E-state index is 0.370. The van der Waals surface area contributed by atoms with E-state index < -0.39 is 0 Å². The van der Waals surface area contributed by atoms with Crippen LogP contribution in [0, 0.1) is 5.41 Å². The molecule has 1 aliphatic rings. The third-order valence-corrected chi connectivity index (χ3v) is 1.76. The first kappa shape index (κ1) is 8.44. The van der Waals surface area contributed by atoms with Crippen molar-refractivity contribution in [2.24, 2.45) is 5.41 Å². The molecular formula is C9H18N2. The van der Waals surface area contributed by atoms with E-state index in [0.29, 0.717) is 5.41 Å². The van der Waals surface area contributed by atoms with E-state index in [1.165, 1.54) is 0 Å². The maximum atomic E-state index is 3.93. The maximum Gasteiger partial charge on any atom is 0.0940 e. The molecule has 0 atom stereocenters. The fourth-order valence-corrected chi connectivity index (χ4v) is 1.33. The fourth-order valence-electron chi connectivity index (χ4n) is 1.33. The lowest BCUT2D eigenvalue weighted by Crippen LogP contribution is -2.29. The smallest absolute Gasteiger partial charge is 0.0940 e. The van der Waals surface area contributed by atoms with Gasteiger partial charge in [0.25, 0.3) is 0 Å². The summed E-state index contributed by atoms with van der Waals surface area (Å²) < 4.78 is 0. The van der Waals surface area contributed by atoms with Crippen LogP contribution in [0.15, 0.2) is 12.4 Å². The highest BCUT2D eigenvalue weighted by molar-refractivity contribution is 4.98. The van der Waals surface area contributed by atoms with Crippen molar-refractivity contribution in [3.8, 4) is 0 Å². The summed E-state index contributed by atoms with van der Waals surface area (Å²) >= 11 is 0. The lowest BCUT2D eigenvalue weighted by Gasteiger charge is -2.27. The monoisotopic (exact) mass is 154 g/mol. The van der Waals surface area contributed by atoms with Crippen LogP contribution in [-0.4, -0.2) is 24.5 Å². The molecule has 0 bridgehead atoms. The molecule has 1 heterocycles. The summed E-state index contributed by atoms with van der Waals surface area (Å²) in [5.41, 5.74) is 0.370. The van der Waals surface area contributed by atoms with Crippen molar-refractivity contribution in [1.29, 1.82) is 0 Å². The molecule has 0 aromatic carbocycles. The van der Waals surface area contributed by atoms with E-state index in [4.69, 9.17) is 0 Å². The van der Waals surface area contributed by atoms with Crippen LogP contribution in [0.4, 0.5) is 0 Å². The number of rotatable bonds is 1. The van der Waals surface area contributed by atoms with Crippen molar-refractivity contribution in [2.45, 2.75) is 20.8 Å². The Morgan fingerprint density at radius 1 is 1.55 bits per heavy atom. The van der Waals surface area contributed by atoms with Gasteiger partial charge >= 0.3 is 0 Å². The Morgan fingerprint density at radius 3 is 2.55 bits per heavy atom. The van der Waals surface area contributed by atoms with E-state index in [0.717, 1.165) is 25.5 Å². The standard InChI is InChI=1S/C9H18N2/c1-8-10-5-6-11(8)7-9(2,3)4/h10H,1,5-7H2,2-4H3. The van der Waals surface area contributed by atoms with Crippen molar-refractivity contribution < 1.29 is 0 Å². The van der Waals surface area contributed by atoms with Crippen molar-refractivity contribution in [3.05, 3.63) is 12.4 Å². The Bertz CT molecular complexity index is 155. The van der Waals surface area contributed by atoms with Gasteiger partial charge in [-0.05, 0) is 5.41 Å². The van der Waals surface area contributed by atoms with Crippen LogP contribution in [-0.2, 0) is 0 Å². The summed E-state index contributed by atoms with van der Waals surface area (Å²) in [5, 5.41) is 3.22. The summed E-state index contributed by atoms with van der Waals surface area (Å²) in [6.07, 6.45) is 0. The first-order valence-electron chi connectivity index (χ1n) is 4.17. The van der Waals surface area contributed by atoms with Gasteiger partial charge in [-0.3, -0.25) is 0 Å². The molecule has 0 saturated carbocycles. The Labute approximate surface area is 69.3 Å². The molecule has 0 amide bonds. The van der Waals surface area contributed by atoms with Crippen LogP contribution in [0.2, 0.25) is 0 Å². The van der Waals surface area contributed by atoms with Crippen LogP contribution < -0.4 is 5.32 Å². The Morgan fingerprint density at radius 2 is 2.18 bits per heavy atom. The minimum atomic E-state index is 0.370. The van der Waals surface area contributed by atoms with E-state index >= 15 is 0 Å². The first-order chi connectivity index (χ1) is 4.99. The van der Waals surface area contributed by atoms with Gasteiger partial charge in [0.2, 0.25) is 0 Å². The van der Waals surface area contributed by atoms with Crippen molar-refractivity contribution in [3.63, 3.8) is 0 Å². The predicted octanol–water partition coefficient (Wildman–Crippen LogP) is 1.41. The predicted molar refractivity (Wildman–Crippen MR) is 48.2 cm³/mol. The maximum absolute atomic E-state index is 3.93. The van der Waals surface area contributed by atoms with Gasteiger partial charge in [0.05, 0.1) is 5.82 Å². The molecule has 1 N–H and O–H groups in total. The van der Waals surface area contributed by atoms with Gasteiger partial charge in [-0.25, -0.2) is 0 Å². The molecule has 1 aliphatic heterocycles. The van der Waals surface area contributed by atoms with Gasteiger partial charge in [0.15, 0.2) is 0 Å². The average Bonchev–Trinajstić information content (AvgIpc) is 2.12. The number of nitrogens with zero attached hydrogens (tertiary/aromatic N) is 1. The zero-order valence-corrected chi connectivity index (χ0v) is 7.78. The average molecular weight is 154 g/mol. The molecule has 0 aliphatic carbocycles. The van der Waals surface area contributed by atoms with Crippen LogP contribution in [0.3, 0.4) is 0 Å². The SMILES string of the molecule is C=C1NCCN1CC(C)(C)C. The van der Waals surface area contributed by atoms with Crippen LogP contribution >= 0.6 is 0 Å². The Balaban J connectivity index is 2.43. The van der Waals surface area contributed by atoms with Gasteiger partial charge in [0, 0.05) is 19.6 Å². The Kier molecular flexibility index (Phi) is 2.12. The minimum Gasteiger partial charge on any atom is -0.370 e. The molecule has 0 spiro atoms. The number of hydrogen-bond donors (Lipinski definition) is 1. The highest BCUT2D eigenvalue weighted by Gasteiger charge is 2.20. The third kappa shape index (κ3) is 2.45. The van der Waals surface area contributed by atoms with Gasteiger partial charge in [0.1, 0.15) is 0 Å². The van der Waals surface area contributed by atoms with E-state index in [1.54, 1.807) is 0 Å². The molecule has 2 heteroatoms. The molecule has 0 aromatic rings. The lowest BCUT2D eigenvalue weighted by atomic mass is 9.96. The summed E-state index contributed by atoms with van der Waals surface area (Å²) in [7, 11) is 0. The van der Waals surface area contributed by atoms with E-state index in [2.05, 4.69) is 37.6 Å². The summed E-state index contributed by atoms with van der Waals surface area (Å²) in [4.78, 5) is 2.31. The van der Waals surface area contributed by atoms with E-state index in [1.807, 2.05) is 0 Å². The zero-order valence-electron chi connectivity index (χ0n) is 7.78. The fraction of sp³-hybridized carbons (Fsp3) is 0.778. The second-order valence-electron chi connectivity index (χ2n) is 4.36. The summed E-state index contributed by atoms with van der Waals surface area (Å²) in [5.74, 6) is 1.08. The molecule has 64 valence electrons. The highest BCUT2D eigenvalue weighted by atomic mass is 15.3. The van der Waals surface area contributed by atoms with E-state index in [-0.39, 0.29) is 0 Å². The van der Waals surface area contributed by atoms with Gasteiger partial charge in [-0.2, -0.15) is 0 Å². The second kappa shape index (κ2) is 2.76. The molecule has 0 unspecified atom stereocenters. The third-order valence-electron chi connectivity index (χ3n) is 1.76.